The zero-order valence-electron chi connectivity index (χ0n) is 15.9. The number of hydrogen-bond acceptors (Lipinski definition) is 13. The first-order valence-electron chi connectivity index (χ1n) is 8.19. The van der Waals surface area contributed by atoms with E-state index in [1.54, 1.807) is 0 Å². The molecule has 1 fully saturated rings. The molecule has 2 unspecified atom stereocenters. The number of aliphatic hydroxyl groups is 2. The Kier molecular flexibility index (Phi) is 8.23. The van der Waals surface area contributed by atoms with Crippen LogP contribution in [0.5, 0.6) is 0 Å². The lowest BCUT2D eigenvalue weighted by Crippen LogP contribution is -2.49. The molecule has 186 valence electrons. The molecule has 0 aliphatic carbocycles. The van der Waals surface area contributed by atoms with Gasteiger partial charge < -0.3 is 40.3 Å². The topological polar surface area (TPSA) is 319 Å². The van der Waals surface area contributed by atoms with Gasteiger partial charge in [-0.3, -0.25) is 9.09 Å². The highest BCUT2D eigenvalue weighted by molar-refractivity contribution is 7.66. The molecule has 6 atom stereocenters. The summed E-state index contributed by atoms with van der Waals surface area (Å²) >= 11 is 0. The van der Waals surface area contributed by atoms with Crippen molar-refractivity contribution in [2.75, 3.05) is 18.9 Å². The van der Waals surface area contributed by atoms with Gasteiger partial charge in [0.25, 0.3) is 0 Å². The minimum absolute atomic E-state index is 0.183. The number of ether oxygens (including phenoxy) is 1. The standard InChI is InChI=1S/C10H17N6O14P3/c11-5-1-2-16(9(19)14-5)8-6(17)7(18)10(28-8,3-13-15-12)4-27-32(23,24)30-33(25,26)29-31(20,21)22/h1-2,6-8,17-18H,3-4H2,(H,23,24)(H,25,26)(H2,11,14,19)(H2,20,21,22)/t6-,7+,8-,10-/m1/s1. The molecule has 23 heteroatoms. The zero-order valence-corrected chi connectivity index (χ0v) is 18.6. The Balaban J connectivity index is 2.30. The van der Waals surface area contributed by atoms with Gasteiger partial charge in [-0.25, -0.2) is 18.5 Å². The highest BCUT2D eigenvalue weighted by Crippen LogP contribution is 2.66. The van der Waals surface area contributed by atoms with Crippen molar-refractivity contribution in [1.29, 1.82) is 0 Å². The van der Waals surface area contributed by atoms with E-state index in [1.165, 1.54) is 0 Å². The molecule has 20 nitrogen and oxygen atoms in total. The van der Waals surface area contributed by atoms with Crippen molar-refractivity contribution in [3.8, 4) is 0 Å². The van der Waals surface area contributed by atoms with Crippen LogP contribution in [-0.2, 0) is 31.6 Å². The van der Waals surface area contributed by atoms with Crippen molar-refractivity contribution in [2.24, 2.45) is 5.11 Å². The van der Waals surface area contributed by atoms with E-state index >= 15 is 0 Å². The van der Waals surface area contributed by atoms with Gasteiger partial charge in [-0.1, -0.05) is 5.11 Å². The maximum absolute atomic E-state index is 12.0. The van der Waals surface area contributed by atoms with Crippen molar-refractivity contribution in [2.45, 2.75) is 24.0 Å². The molecule has 8 N–H and O–H groups in total. The Morgan fingerprint density at radius 2 is 1.88 bits per heavy atom. The zero-order chi connectivity index (χ0) is 25.2. The van der Waals surface area contributed by atoms with Crippen LogP contribution in [0.3, 0.4) is 0 Å². The van der Waals surface area contributed by atoms with Crippen LogP contribution in [0.25, 0.3) is 10.4 Å². The number of nitrogens with two attached hydrogens (primary N) is 1. The molecule has 1 aromatic heterocycles. The number of nitrogen functional groups attached to an aromatic ring is 1. The van der Waals surface area contributed by atoms with E-state index in [4.69, 9.17) is 25.8 Å². The van der Waals surface area contributed by atoms with Gasteiger partial charge in [0.1, 0.15) is 23.6 Å². The Morgan fingerprint density at radius 1 is 1.24 bits per heavy atom. The summed E-state index contributed by atoms with van der Waals surface area (Å²) in [6, 6.07) is 1.14. The number of aromatic nitrogens is 2. The van der Waals surface area contributed by atoms with Crippen molar-refractivity contribution in [1.82, 2.24) is 9.55 Å². The summed E-state index contributed by atoms with van der Waals surface area (Å²) in [4.78, 5) is 53.7. The Hall–Kier alpha value is -1.72. The quantitative estimate of drug-likeness (QED) is 0.0768. The van der Waals surface area contributed by atoms with Crippen LogP contribution in [0, 0.1) is 0 Å². The molecule has 1 aliphatic heterocycles. The lowest BCUT2D eigenvalue weighted by Gasteiger charge is -2.30. The largest absolute Gasteiger partial charge is 0.490 e. The summed E-state index contributed by atoms with van der Waals surface area (Å²) in [7, 11) is -17.1. The van der Waals surface area contributed by atoms with Crippen LogP contribution in [0.2, 0.25) is 0 Å². The first-order chi connectivity index (χ1) is 15.0. The predicted octanol–water partition coefficient (Wildman–Crippen LogP) is -1.53. The maximum atomic E-state index is 12.0. The highest BCUT2D eigenvalue weighted by atomic mass is 31.3. The number of aliphatic hydroxyl groups excluding tert-OH is 2. The molecule has 0 bridgehead atoms. The van der Waals surface area contributed by atoms with Crippen LogP contribution >= 0.6 is 23.5 Å². The molecule has 2 rings (SSSR count). The monoisotopic (exact) mass is 538 g/mol. The minimum Gasteiger partial charge on any atom is -0.387 e. The highest BCUT2D eigenvalue weighted by Gasteiger charge is 2.56. The average molecular weight is 538 g/mol. The van der Waals surface area contributed by atoms with Crippen molar-refractivity contribution in [3.05, 3.63) is 33.2 Å². The number of anilines is 1. The van der Waals surface area contributed by atoms with Crippen LogP contribution in [0.4, 0.5) is 5.82 Å². The third-order valence-electron chi connectivity index (χ3n) is 3.93. The van der Waals surface area contributed by atoms with Gasteiger partial charge in [0.15, 0.2) is 6.23 Å². The average Bonchev–Trinajstić information content (AvgIpc) is 2.88. The molecule has 0 saturated carbocycles. The fourth-order valence-corrected chi connectivity index (χ4v) is 5.71. The fourth-order valence-electron chi connectivity index (χ4n) is 2.63. The van der Waals surface area contributed by atoms with E-state index in [0.717, 1.165) is 12.3 Å². The maximum Gasteiger partial charge on any atom is 0.490 e. The molecule has 1 aliphatic rings. The van der Waals surface area contributed by atoms with Gasteiger partial charge in [0.2, 0.25) is 0 Å². The molecule has 33 heavy (non-hydrogen) atoms. The van der Waals surface area contributed by atoms with Gasteiger partial charge in [-0.15, -0.1) is 0 Å². The van der Waals surface area contributed by atoms with E-state index in [1.807, 2.05) is 0 Å². The molecule has 2 heterocycles. The minimum atomic E-state index is -5.84. The first-order valence-corrected chi connectivity index (χ1v) is 12.7. The molecule has 0 aromatic carbocycles. The molecular weight excluding hydrogens is 521 g/mol. The third-order valence-corrected chi connectivity index (χ3v) is 7.71. The summed E-state index contributed by atoms with van der Waals surface area (Å²) in [6.07, 6.45) is -4.63. The van der Waals surface area contributed by atoms with Gasteiger partial charge in [0.05, 0.1) is 13.2 Å². The van der Waals surface area contributed by atoms with Gasteiger partial charge in [0, 0.05) is 11.1 Å². The molecule has 0 radical (unpaired) electrons. The molecule has 0 amide bonds. The molecular formula is C10H17N6O14P3. The lowest BCUT2D eigenvalue weighted by atomic mass is 9.96. The second kappa shape index (κ2) is 9.87. The van der Waals surface area contributed by atoms with E-state index in [9.17, 15) is 38.5 Å². The van der Waals surface area contributed by atoms with Crippen LogP contribution in [0.15, 0.2) is 22.2 Å². The molecule has 0 spiro atoms. The van der Waals surface area contributed by atoms with Crippen molar-refractivity contribution < 1.29 is 61.4 Å². The Morgan fingerprint density at radius 3 is 2.42 bits per heavy atom. The summed E-state index contributed by atoms with van der Waals surface area (Å²) in [5.41, 5.74) is 10.6. The number of rotatable bonds is 10. The SMILES string of the molecule is [N-]=[N+]=NC[C@]1(COP(=O)(O)OP(=O)(O)OP(=O)(O)O)O[C@@H](n2ccc(N)nc2=O)[C@H](O)[C@@H]1O. The van der Waals surface area contributed by atoms with Crippen LogP contribution in [0.1, 0.15) is 6.23 Å². The van der Waals surface area contributed by atoms with Crippen molar-refractivity contribution >= 4 is 29.3 Å². The molecule has 1 aromatic rings. The van der Waals surface area contributed by atoms with Gasteiger partial charge in [-0.05, 0) is 11.6 Å². The van der Waals surface area contributed by atoms with Crippen LogP contribution < -0.4 is 11.4 Å². The normalized spacial score (nSPS) is 29.1. The second-order valence-electron chi connectivity index (χ2n) is 6.30. The smallest absolute Gasteiger partial charge is 0.387 e. The number of hydrogen-bond donors (Lipinski definition) is 7. The number of phosphoric acid groups is 3. The van der Waals surface area contributed by atoms with Crippen molar-refractivity contribution in [3.63, 3.8) is 0 Å². The fraction of sp³-hybridized carbons (Fsp3) is 0.600. The summed E-state index contributed by atoms with van der Waals surface area (Å²) in [6.45, 7) is -2.15. The first kappa shape index (κ1) is 27.5. The summed E-state index contributed by atoms with van der Waals surface area (Å²) in [5, 5.41) is 23.9. The van der Waals surface area contributed by atoms with Gasteiger partial charge >= 0.3 is 29.2 Å². The summed E-state index contributed by atoms with van der Waals surface area (Å²) in [5.74, 6) is -0.183. The second-order valence-corrected chi connectivity index (χ2v) is 10.7. The summed E-state index contributed by atoms with van der Waals surface area (Å²) < 4.78 is 51.7. The van der Waals surface area contributed by atoms with Crippen LogP contribution in [-0.4, -0.2) is 70.3 Å². The third kappa shape index (κ3) is 7.13. The Labute approximate surface area is 182 Å². The number of azide groups is 1. The number of phosphoric ester groups is 1. The van der Waals surface area contributed by atoms with E-state index < -0.39 is 66.3 Å². The predicted molar refractivity (Wildman–Crippen MR) is 102 cm³/mol. The van der Waals surface area contributed by atoms with E-state index in [-0.39, 0.29) is 5.82 Å². The molecule has 1 saturated heterocycles. The van der Waals surface area contributed by atoms with Gasteiger partial charge in [-0.2, -0.15) is 13.6 Å². The lowest BCUT2D eigenvalue weighted by molar-refractivity contribution is -0.121. The number of nitrogens with zero attached hydrogens (tertiary/aromatic N) is 5. The Bertz CT molecular complexity index is 1130. The van der Waals surface area contributed by atoms with E-state index in [2.05, 4.69) is 28.2 Å². The van der Waals surface area contributed by atoms with E-state index in [0.29, 0.717) is 4.57 Å².